The summed E-state index contributed by atoms with van der Waals surface area (Å²) in [6.07, 6.45) is 3.72. The molecule has 0 fully saturated rings. The van der Waals surface area contributed by atoms with E-state index in [0.717, 1.165) is 5.56 Å². The zero-order valence-corrected chi connectivity index (χ0v) is 7.68. The smallest absolute Gasteiger partial charge is 0.142 e. The minimum atomic E-state index is -0.112. The van der Waals surface area contributed by atoms with Gasteiger partial charge in [-0.2, -0.15) is 0 Å². The molecule has 1 aromatic carbocycles. The second-order valence-corrected chi connectivity index (χ2v) is 2.84. The Morgan fingerprint density at radius 1 is 1.14 bits per heavy atom. The first-order valence-electron chi connectivity index (χ1n) is 4.27. The Morgan fingerprint density at radius 3 is 2.43 bits per heavy atom. The van der Waals surface area contributed by atoms with Crippen LogP contribution in [0, 0.1) is 0 Å². The highest BCUT2D eigenvalue weighted by molar-refractivity contribution is 5.73. The van der Waals surface area contributed by atoms with E-state index >= 15 is 0 Å². The van der Waals surface area contributed by atoms with Crippen molar-refractivity contribution in [3.8, 4) is 0 Å². The van der Waals surface area contributed by atoms with E-state index in [1.54, 1.807) is 24.3 Å². The highest BCUT2D eigenvalue weighted by Crippen LogP contribution is 2.13. The molecular weight excluding hydrogens is 180 g/mol. The highest BCUT2D eigenvalue weighted by atomic mass is 16.3. The fourth-order valence-corrected chi connectivity index (χ4v) is 1.20. The molecule has 0 heterocycles. The number of hydrogen-bond donors (Lipinski definition) is 2. The molecule has 3 heteroatoms. The predicted molar refractivity (Wildman–Crippen MR) is 53.4 cm³/mol. The number of benzene rings is 1. The fraction of sp³-hybridized carbons (Fsp3) is 0.182. The maximum Gasteiger partial charge on any atom is 0.142 e. The normalized spacial score (nSPS) is 10.7. The van der Waals surface area contributed by atoms with Gasteiger partial charge < -0.3 is 10.2 Å². The van der Waals surface area contributed by atoms with Crippen molar-refractivity contribution in [3.05, 3.63) is 41.0 Å². The molecule has 0 saturated carbocycles. The summed E-state index contributed by atoms with van der Waals surface area (Å²) in [5.41, 5.74) is 2.22. The third-order valence-corrected chi connectivity index (χ3v) is 1.94. The lowest BCUT2D eigenvalue weighted by Crippen LogP contribution is -1.94. The summed E-state index contributed by atoms with van der Waals surface area (Å²) in [4.78, 5) is 10.1. The van der Waals surface area contributed by atoms with Crippen LogP contribution in [-0.4, -0.2) is 16.5 Å². The van der Waals surface area contributed by atoms with Crippen molar-refractivity contribution >= 4 is 12.4 Å². The lowest BCUT2D eigenvalue weighted by Gasteiger charge is -2.04. The van der Waals surface area contributed by atoms with Gasteiger partial charge in [0.2, 0.25) is 0 Å². The van der Waals surface area contributed by atoms with Crippen LogP contribution in [0.5, 0.6) is 0 Å². The first-order valence-corrected chi connectivity index (χ1v) is 4.27. The standard InChI is InChI=1S/C11H12O3/c12-5-1-2-9-3-4-10(7-13)11(6-9)8-14/h1-6,13-14H,7-8H2/b2-1+. The molecule has 14 heavy (non-hydrogen) atoms. The van der Waals surface area contributed by atoms with Gasteiger partial charge in [-0.3, -0.25) is 4.79 Å². The summed E-state index contributed by atoms with van der Waals surface area (Å²) < 4.78 is 0. The van der Waals surface area contributed by atoms with Crippen molar-refractivity contribution in [1.29, 1.82) is 0 Å². The van der Waals surface area contributed by atoms with Crippen LogP contribution >= 0.6 is 0 Å². The number of aliphatic hydroxyl groups excluding tert-OH is 2. The Balaban J connectivity index is 3.00. The van der Waals surface area contributed by atoms with E-state index in [2.05, 4.69) is 0 Å². The maximum absolute atomic E-state index is 10.1. The van der Waals surface area contributed by atoms with E-state index in [0.29, 0.717) is 17.4 Å². The van der Waals surface area contributed by atoms with Crippen molar-refractivity contribution in [3.63, 3.8) is 0 Å². The van der Waals surface area contributed by atoms with Gasteiger partial charge in [-0.25, -0.2) is 0 Å². The second-order valence-electron chi connectivity index (χ2n) is 2.84. The third-order valence-electron chi connectivity index (χ3n) is 1.94. The van der Waals surface area contributed by atoms with Crippen molar-refractivity contribution < 1.29 is 15.0 Å². The molecule has 1 aromatic rings. The lowest BCUT2D eigenvalue weighted by molar-refractivity contribution is -0.104. The SMILES string of the molecule is O=C/C=C/c1ccc(CO)c(CO)c1. The van der Waals surface area contributed by atoms with Gasteiger partial charge in [0.25, 0.3) is 0 Å². The molecule has 0 atom stereocenters. The van der Waals surface area contributed by atoms with Crippen molar-refractivity contribution in [2.45, 2.75) is 13.2 Å². The van der Waals surface area contributed by atoms with Crippen LogP contribution in [0.1, 0.15) is 16.7 Å². The fourth-order valence-electron chi connectivity index (χ4n) is 1.20. The van der Waals surface area contributed by atoms with Gasteiger partial charge in [-0.05, 0) is 28.8 Å². The number of allylic oxidation sites excluding steroid dienone is 1. The van der Waals surface area contributed by atoms with E-state index < -0.39 is 0 Å². The first-order chi connectivity index (χ1) is 6.81. The lowest BCUT2D eigenvalue weighted by atomic mass is 10.0. The van der Waals surface area contributed by atoms with Gasteiger partial charge in [0, 0.05) is 0 Å². The zero-order valence-electron chi connectivity index (χ0n) is 7.68. The van der Waals surface area contributed by atoms with Crippen LogP contribution in [-0.2, 0) is 18.0 Å². The summed E-state index contributed by atoms with van der Waals surface area (Å²) in [5, 5.41) is 17.9. The monoisotopic (exact) mass is 192 g/mol. The molecule has 0 saturated heterocycles. The highest BCUT2D eigenvalue weighted by Gasteiger charge is 2.00. The predicted octanol–water partition coefficient (Wildman–Crippen LogP) is 0.883. The summed E-state index contributed by atoms with van der Waals surface area (Å²) >= 11 is 0. The Kier molecular flexibility index (Phi) is 4.04. The van der Waals surface area contributed by atoms with Crippen LogP contribution in [0.25, 0.3) is 6.08 Å². The molecule has 3 nitrogen and oxygen atoms in total. The second kappa shape index (κ2) is 5.32. The number of carbonyl (C=O) groups is 1. The Labute approximate surface area is 82.3 Å². The Morgan fingerprint density at radius 2 is 1.86 bits per heavy atom. The number of carbonyl (C=O) groups excluding carboxylic acids is 1. The van der Waals surface area contributed by atoms with Crippen LogP contribution in [0.4, 0.5) is 0 Å². The molecule has 0 unspecified atom stereocenters. The van der Waals surface area contributed by atoms with Gasteiger partial charge in [0.15, 0.2) is 0 Å². The van der Waals surface area contributed by atoms with Gasteiger partial charge in [-0.15, -0.1) is 0 Å². The van der Waals surface area contributed by atoms with Crippen molar-refractivity contribution in [2.75, 3.05) is 0 Å². The topological polar surface area (TPSA) is 57.5 Å². The Hall–Kier alpha value is -1.45. The average molecular weight is 192 g/mol. The first kappa shape index (κ1) is 10.6. The van der Waals surface area contributed by atoms with Crippen LogP contribution in [0.3, 0.4) is 0 Å². The minimum absolute atomic E-state index is 0.0897. The molecule has 1 rings (SSSR count). The van der Waals surface area contributed by atoms with Gasteiger partial charge >= 0.3 is 0 Å². The van der Waals surface area contributed by atoms with Crippen LogP contribution < -0.4 is 0 Å². The molecule has 0 aliphatic rings. The molecule has 74 valence electrons. The number of aliphatic hydroxyl groups is 2. The van der Waals surface area contributed by atoms with Gasteiger partial charge in [-0.1, -0.05) is 18.2 Å². The average Bonchev–Trinajstić information content (AvgIpc) is 2.25. The van der Waals surface area contributed by atoms with Crippen LogP contribution in [0.15, 0.2) is 24.3 Å². The van der Waals surface area contributed by atoms with Crippen LogP contribution in [0.2, 0.25) is 0 Å². The quantitative estimate of drug-likeness (QED) is 0.550. The third kappa shape index (κ3) is 2.52. The molecule has 0 aromatic heterocycles. The summed E-state index contributed by atoms with van der Waals surface area (Å²) in [7, 11) is 0. The number of hydrogen-bond acceptors (Lipinski definition) is 3. The minimum Gasteiger partial charge on any atom is -0.392 e. The number of rotatable bonds is 4. The molecular formula is C11H12O3. The zero-order chi connectivity index (χ0) is 10.4. The van der Waals surface area contributed by atoms with Crippen molar-refractivity contribution in [1.82, 2.24) is 0 Å². The molecule has 0 spiro atoms. The van der Waals surface area contributed by atoms with E-state index in [4.69, 9.17) is 10.2 Å². The van der Waals surface area contributed by atoms with E-state index in [1.807, 2.05) is 0 Å². The molecule has 0 aliphatic heterocycles. The van der Waals surface area contributed by atoms with E-state index in [1.165, 1.54) is 6.08 Å². The van der Waals surface area contributed by atoms with Crippen molar-refractivity contribution in [2.24, 2.45) is 0 Å². The van der Waals surface area contributed by atoms with E-state index in [-0.39, 0.29) is 13.2 Å². The summed E-state index contributed by atoms with van der Waals surface area (Å²) in [6.45, 7) is -0.202. The maximum atomic E-state index is 10.1. The summed E-state index contributed by atoms with van der Waals surface area (Å²) in [6, 6.07) is 5.26. The largest absolute Gasteiger partial charge is 0.392 e. The number of aldehydes is 1. The molecule has 2 N–H and O–H groups in total. The van der Waals surface area contributed by atoms with Gasteiger partial charge in [0.05, 0.1) is 13.2 Å². The molecule has 0 amide bonds. The molecule has 0 aliphatic carbocycles. The summed E-state index contributed by atoms with van der Waals surface area (Å²) in [5.74, 6) is 0. The van der Waals surface area contributed by atoms with E-state index in [9.17, 15) is 4.79 Å². The molecule has 0 radical (unpaired) electrons. The Bertz CT molecular complexity index is 342. The molecule has 0 bridgehead atoms. The van der Waals surface area contributed by atoms with Gasteiger partial charge in [0.1, 0.15) is 6.29 Å².